The summed E-state index contributed by atoms with van der Waals surface area (Å²) in [6.45, 7) is 6.01. The quantitative estimate of drug-likeness (QED) is 0.906. The van der Waals surface area contributed by atoms with Crippen molar-refractivity contribution >= 4 is 5.97 Å². The van der Waals surface area contributed by atoms with E-state index < -0.39 is 11.4 Å². The van der Waals surface area contributed by atoms with Crippen LogP contribution in [0.3, 0.4) is 0 Å². The zero-order chi connectivity index (χ0) is 15.5. The van der Waals surface area contributed by atoms with Crippen molar-refractivity contribution in [3.05, 3.63) is 29.8 Å². The minimum Gasteiger partial charge on any atom is -0.490 e. The first-order chi connectivity index (χ1) is 9.88. The van der Waals surface area contributed by atoms with Crippen LogP contribution in [0.25, 0.3) is 0 Å². The van der Waals surface area contributed by atoms with E-state index in [9.17, 15) is 4.79 Å². The summed E-state index contributed by atoms with van der Waals surface area (Å²) in [5.41, 5.74) is 0.541. The fourth-order valence-corrected chi connectivity index (χ4v) is 2.88. The summed E-state index contributed by atoms with van der Waals surface area (Å²) in [5.74, 6) is 0.0485. The maximum Gasteiger partial charge on any atom is 0.304 e. The molecule has 0 spiro atoms. The number of benzene rings is 1. The lowest BCUT2D eigenvalue weighted by Crippen LogP contribution is -2.36. The van der Waals surface area contributed by atoms with Gasteiger partial charge in [0.2, 0.25) is 0 Å². The second-order valence-corrected chi connectivity index (χ2v) is 6.57. The van der Waals surface area contributed by atoms with Gasteiger partial charge in [-0.05, 0) is 26.0 Å². The van der Waals surface area contributed by atoms with Crippen LogP contribution in [0.2, 0.25) is 0 Å². The van der Waals surface area contributed by atoms with E-state index >= 15 is 0 Å². The fourth-order valence-electron chi connectivity index (χ4n) is 2.88. The average Bonchev–Trinajstić information content (AvgIpc) is 2.40. The summed E-state index contributed by atoms with van der Waals surface area (Å²) in [4.78, 5) is 13.4. The van der Waals surface area contributed by atoms with Gasteiger partial charge in [-0.15, -0.1) is 0 Å². The van der Waals surface area contributed by atoms with Gasteiger partial charge in [-0.2, -0.15) is 0 Å². The Balaban J connectivity index is 2.15. The molecular weight excluding hydrogens is 266 g/mol. The Morgan fingerprint density at radius 2 is 1.95 bits per heavy atom. The summed E-state index contributed by atoms with van der Waals surface area (Å²) < 4.78 is 6.18. The molecule has 1 fully saturated rings. The van der Waals surface area contributed by atoms with Gasteiger partial charge < -0.3 is 14.7 Å². The van der Waals surface area contributed by atoms with Gasteiger partial charge >= 0.3 is 5.97 Å². The maximum absolute atomic E-state index is 11.1. The van der Waals surface area contributed by atoms with Crippen LogP contribution in [-0.2, 0) is 10.2 Å². The molecular formula is C17H25NO3. The monoisotopic (exact) mass is 291 g/mol. The Labute approximate surface area is 126 Å². The van der Waals surface area contributed by atoms with E-state index in [0.717, 1.165) is 37.2 Å². The standard InChI is InChI=1S/C17H25NO3/c1-17(2,12-16(19)20)14-6-4-5-7-15(14)21-13-8-10-18(3)11-9-13/h4-7,13H,8-12H2,1-3H3,(H,19,20). The number of carboxylic acids is 1. The van der Waals surface area contributed by atoms with E-state index in [1.54, 1.807) is 0 Å². The first-order valence-electron chi connectivity index (χ1n) is 7.55. The van der Waals surface area contributed by atoms with Gasteiger partial charge in [0.15, 0.2) is 0 Å². The third-order valence-corrected chi connectivity index (χ3v) is 4.17. The topological polar surface area (TPSA) is 49.8 Å². The minimum atomic E-state index is -0.783. The first-order valence-corrected chi connectivity index (χ1v) is 7.55. The van der Waals surface area contributed by atoms with E-state index in [4.69, 9.17) is 9.84 Å². The SMILES string of the molecule is CN1CCC(Oc2ccccc2C(C)(C)CC(=O)O)CC1. The molecule has 1 aromatic rings. The molecule has 1 saturated heterocycles. The van der Waals surface area contributed by atoms with Crippen LogP contribution in [0.5, 0.6) is 5.75 Å². The molecule has 0 bridgehead atoms. The maximum atomic E-state index is 11.1. The summed E-state index contributed by atoms with van der Waals surface area (Å²) >= 11 is 0. The van der Waals surface area contributed by atoms with E-state index in [-0.39, 0.29) is 12.5 Å². The molecule has 0 aromatic heterocycles. The summed E-state index contributed by atoms with van der Waals surface area (Å²) in [5, 5.41) is 9.11. The molecule has 4 heteroatoms. The summed E-state index contributed by atoms with van der Waals surface area (Å²) in [6.07, 6.45) is 2.36. The van der Waals surface area contributed by atoms with Gasteiger partial charge in [0.05, 0.1) is 6.42 Å². The fraction of sp³-hybridized carbons (Fsp3) is 0.588. The van der Waals surface area contributed by atoms with Crippen LogP contribution in [0.4, 0.5) is 0 Å². The molecule has 116 valence electrons. The van der Waals surface area contributed by atoms with Crippen molar-refractivity contribution in [1.82, 2.24) is 4.90 Å². The highest BCUT2D eigenvalue weighted by Gasteiger charge is 2.28. The molecule has 1 aliphatic heterocycles. The molecule has 1 heterocycles. The van der Waals surface area contributed by atoms with Crippen LogP contribution in [0, 0.1) is 0 Å². The first kappa shape index (κ1) is 15.8. The highest BCUT2D eigenvalue weighted by molar-refractivity contribution is 5.69. The molecule has 0 unspecified atom stereocenters. The smallest absolute Gasteiger partial charge is 0.304 e. The van der Waals surface area contributed by atoms with E-state index in [1.807, 2.05) is 38.1 Å². The molecule has 0 amide bonds. The number of carbonyl (C=O) groups is 1. The number of hydrogen-bond donors (Lipinski definition) is 1. The van der Waals surface area contributed by atoms with Crippen molar-refractivity contribution < 1.29 is 14.6 Å². The van der Waals surface area contributed by atoms with Gasteiger partial charge in [-0.25, -0.2) is 0 Å². The summed E-state index contributed by atoms with van der Waals surface area (Å²) in [6, 6.07) is 7.83. The van der Waals surface area contributed by atoms with Crippen molar-refractivity contribution in [2.75, 3.05) is 20.1 Å². The number of rotatable bonds is 5. The second-order valence-electron chi connectivity index (χ2n) is 6.57. The molecule has 2 rings (SSSR count). The highest BCUT2D eigenvalue weighted by Crippen LogP contribution is 2.35. The van der Waals surface area contributed by atoms with Crippen LogP contribution in [-0.4, -0.2) is 42.2 Å². The lowest BCUT2D eigenvalue weighted by Gasteiger charge is -2.32. The Kier molecular flexibility index (Phi) is 4.88. The Morgan fingerprint density at radius 1 is 1.33 bits per heavy atom. The van der Waals surface area contributed by atoms with Crippen LogP contribution in [0.1, 0.15) is 38.7 Å². The van der Waals surface area contributed by atoms with Crippen molar-refractivity contribution in [3.8, 4) is 5.75 Å². The zero-order valence-corrected chi connectivity index (χ0v) is 13.1. The van der Waals surface area contributed by atoms with E-state index in [1.165, 1.54) is 0 Å². The normalized spacial score (nSPS) is 17.7. The number of para-hydroxylation sites is 1. The molecule has 0 aliphatic carbocycles. The molecule has 0 saturated carbocycles. The lowest BCUT2D eigenvalue weighted by molar-refractivity contribution is -0.138. The van der Waals surface area contributed by atoms with Gasteiger partial charge in [0.1, 0.15) is 11.9 Å². The lowest BCUT2D eigenvalue weighted by atomic mass is 9.81. The van der Waals surface area contributed by atoms with Crippen LogP contribution in [0.15, 0.2) is 24.3 Å². The number of aliphatic carboxylic acids is 1. The van der Waals surface area contributed by atoms with E-state index in [0.29, 0.717) is 0 Å². The van der Waals surface area contributed by atoms with E-state index in [2.05, 4.69) is 11.9 Å². The number of nitrogens with zero attached hydrogens (tertiary/aromatic N) is 1. The van der Waals surface area contributed by atoms with Crippen molar-refractivity contribution in [2.24, 2.45) is 0 Å². The largest absolute Gasteiger partial charge is 0.490 e. The third kappa shape index (κ3) is 4.21. The van der Waals surface area contributed by atoms with Crippen molar-refractivity contribution in [1.29, 1.82) is 0 Å². The van der Waals surface area contributed by atoms with Crippen LogP contribution < -0.4 is 4.74 Å². The van der Waals surface area contributed by atoms with Gasteiger partial charge in [0.25, 0.3) is 0 Å². The third-order valence-electron chi connectivity index (χ3n) is 4.17. The average molecular weight is 291 g/mol. The predicted molar refractivity (Wildman–Crippen MR) is 82.9 cm³/mol. The number of piperidine rings is 1. The number of carboxylic acid groups (broad SMARTS) is 1. The molecule has 4 nitrogen and oxygen atoms in total. The molecule has 0 atom stereocenters. The predicted octanol–water partition coefficient (Wildman–Crippen LogP) is 2.91. The Hall–Kier alpha value is -1.55. The number of hydrogen-bond acceptors (Lipinski definition) is 3. The van der Waals surface area contributed by atoms with Gasteiger partial charge in [-0.1, -0.05) is 32.0 Å². The molecule has 21 heavy (non-hydrogen) atoms. The molecule has 1 aliphatic rings. The molecule has 1 aromatic carbocycles. The number of likely N-dealkylation sites (tertiary alicyclic amines) is 1. The second kappa shape index (κ2) is 6.48. The minimum absolute atomic E-state index is 0.0980. The van der Waals surface area contributed by atoms with Crippen molar-refractivity contribution in [2.45, 2.75) is 44.6 Å². The Bertz CT molecular complexity index is 491. The van der Waals surface area contributed by atoms with Gasteiger partial charge in [0, 0.05) is 24.1 Å². The highest BCUT2D eigenvalue weighted by atomic mass is 16.5. The number of ether oxygens (including phenoxy) is 1. The van der Waals surface area contributed by atoms with Gasteiger partial charge in [-0.3, -0.25) is 4.79 Å². The molecule has 1 N–H and O–H groups in total. The summed E-state index contributed by atoms with van der Waals surface area (Å²) in [7, 11) is 2.13. The van der Waals surface area contributed by atoms with Crippen LogP contribution >= 0.6 is 0 Å². The Morgan fingerprint density at radius 3 is 2.57 bits per heavy atom. The van der Waals surface area contributed by atoms with Crippen molar-refractivity contribution in [3.63, 3.8) is 0 Å². The zero-order valence-electron chi connectivity index (χ0n) is 13.1. The molecule has 0 radical (unpaired) electrons.